The van der Waals surface area contributed by atoms with Crippen LogP contribution in [0.3, 0.4) is 0 Å². The van der Waals surface area contributed by atoms with Crippen molar-refractivity contribution in [2.45, 2.75) is 24.9 Å². The van der Waals surface area contributed by atoms with Crippen LogP contribution >= 0.6 is 0 Å². The summed E-state index contributed by atoms with van der Waals surface area (Å²) in [7, 11) is 0. The second-order valence-corrected chi connectivity index (χ2v) is 3.44. The van der Waals surface area contributed by atoms with Gasteiger partial charge < -0.3 is 5.11 Å². The fourth-order valence-corrected chi connectivity index (χ4v) is 1.75. The molecule has 2 atom stereocenters. The molecule has 0 aliphatic carbocycles. The number of carboxylic acids is 1. The van der Waals surface area contributed by atoms with E-state index in [4.69, 9.17) is 5.11 Å². The van der Waals surface area contributed by atoms with Crippen LogP contribution in [0, 0.1) is 0 Å². The summed E-state index contributed by atoms with van der Waals surface area (Å²) in [5.74, 6) is -0.775. The summed E-state index contributed by atoms with van der Waals surface area (Å²) in [4.78, 5) is 14.9. The zero-order valence-corrected chi connectivity index (χ0v) is 7.68. The third kappa shape index (κ3) is 1.75. The van der Waals surface area contributed by atoms with Gasteiger partial charge in [0.1, 0.15) is 6.04 Å². The summed E-state index contributed by atoms with van der Waals surface area (Å²) >= 11 is 0. The molecule has 1 aliphatic heterocycles. The SMILES string of the molecule is O=C(O)[C@H]1CC[C@H](c2ccccn2)N1. The van der Waals surface area contributed by atoms with E-state index in [1.54, 1.807) is 6.20 Å². The number of aromatic nitrogens is 1. The van der Waals surface area contributed by atoms with Gasteiger partial charge in [-0.3, -0.25) is 15.1 Å². The maximum Gasteiger partial charge on any atom is 0.320 e. The van der Waals surface area contributed by atoms with Crippen LogP contribution in [0.15, 0.2) is 24.4 Å². The van der Waals surface area contributed by atoms with Crippen molar-refractivity contribution in [3.05, 3.63) is 30.1 Å². The Morgan fingerprint density at radius 2 is 2.36 bits per heavy atom. The molecule has 0 radical (unpaired) electrons. The molecule has 2 rings (SSSR count). The molecule has 1 fully saturated rings. The van der Waals surface area contributed by atoms with E-state index in [1.165, 1.54) is 0 Å². The van der Waals surface area contributed by atoms with Crippen molar-refractivity contribution in [2.75, 3.05) is 0 Å². The molecule has 1 aromatic rings. The summed E-state index contributed by atoms with van der Waals surface area (Å²) in [6, 6.07) is 5.37. The predicted molar refractivity (Wildman–Crippen MR) is 50.8 cm³/mol. The van der Waals surface area contributed by atoms with Gasteiger partial charge in [0.05, 0.1) is 11.7 Å². The predicted octanol–water partition coefficient (Wildman–Crippen LogP) is 0.959. The third-order valence-corrected chi connectivity index (χ3v) is 2.49. The van der Waals surface area contributed by atoms with Gasteiger partial charge in [0.25, 0.3) is 0 Å². The van der Waals surface area contributed by atoms with Crippen LogP contribution in [-0.4, -0.2) is 22.1 Å². The Hall–Kier alpha value is -1.42. The number of aliphatic carboxylic acids is 1. The number of carbonyl (C=O) groups is 1. The molecule has 0 aromatic carbocycles. The van der Waals surface area contributed by atoms with Crippen molar-refractivity contribution in [3.63, 3.8) is 0 Å². The van der Waals surface area contributed by atoms with Crippen LogP contribution in [-0.2, 0) is 4.79 Å². The van der Waals surface area contributed by atoms with Gasteiger partial charge in [0.15, 0.2) is 0 Å². The molecule has 4 heteroatoms. The quantitative estimate of drug-likeness (QED) is 0.732. The second kappa shape index (κ2) is 3.75. The Balaban J connectivity index is 2.06. The van der Waals surface area contributed by atoms with Crippen molar-refractivity contribution in [2.24, 2.45) is 0 Å². The van der Waals surface area contributed by atoms with Crippen LogP contribution in [0.1, 0.15) is 24.6 Å². The molecule has 1 aromatic heterocycles. The van der Waals surface area contributed by atoms with Crippen LogP contribution in [0.5, 0.6) is 0 Å². The third-order valence-electron chi connectivity index (χ3n) is 2.49. The van der Waals surface area contributed by atoms with Gasteiger partial charge in [0.2, 0.25) is 0 Å². The van der Waals surface area contributed by atoms with Crippen LogP contribution < -0.4 is 5.32 Å². The summed E-state index contributed by atoms with van der Waals surface area (Å²) < 4.78 is 0. The number of nitrogens with zero attached hydrogens (tertiary/aromatic N) is 1. The maximum atomic E-state index is 10.7. The standard InChI is InChI=1S/C10H12N2O2/c13-10(14)9-5-4-8(12-9)7-3-1-2-6-11-7/h1-3,6,8-9,12H,4-5H2,(H,13,14)/t8-,9-/m1/s1. The van der Waals surface area contributed by atoms with E-state index in [1.807, 2.05) is 18.2 Å². The molecule has 1 saturated heterocycles. The lowest BCUT2D eigenvalue weighted by Crippen LogP contribution is -2.32. The van der Waals surface area contributed by atoms with Crippen molar-refractivity contribution >= 4 is 5.97 Å². The monoisotopic (exact) mass is 192 g/mol. The summed E-state index contributed by atoms with van der Waals surface area (Å²) in [6.45, 7) is 0. The minimum absolute atomic E-state index is 0.0947. The molecule has 0 saturated carbocycles. The number of hydrogen-bond acceptors (Lipinski definition) is 3. The van der Waals surface area contributed by atoms with E-state index in [2.05, 4.69) is 10.3 Å². The van der Waals surface area contributed by atoms with E-state index in [0.29, 0.717) is 6.42 Å². The Morgan fingerprint density at radius 1 is 1.50 bits per heavy atom. The van der Waals surface area contributed by atoms with E-state index < -0.39 is 12.0 Å². The van der Waals surface area contributed by atoms with Gasteiger partial charge in [-0.05, 0) is 25.0 Å². The van der Waals surface area contributed by atoms with E-state index >= 15 is 0 Å². The van der Waals surface area contributed by atoms with Gasteiger partial charge in [-0.15, -0.1) is 0 Å². The van der Waals surface area contributed by atoms with Gasteiger partial charge in [-0.25, -0.2) is 0 Å². The van der Waals surface area contributed by atoms with Crippen molar-refractivity contribution in [1.82, 2.24) is 10.3 Å². The number of nitrogens with one attached hydrogen (secondary N) is 1. The number of hydrogen-bond donors (Lipinski definition) is 2. The van der Waals surface area contributed by atoms with E-state index in [0.717, 1.165) is 12.1 Å². The largest absolute Gasteiger partial charge is 0.480 e. The highest BCUT2D eigenvalue weighted by molar-refractivity contribution is 5.73. The van der Waals surface area contributed by atoms with Crippen LogP contribution in [0.2, 0.25) is 0 Å². The molecule has 2 N–H and O–H groups in total. The molecule has 1 aliphatic rings. The number of pyridine rings is 1. The molecule has 14 heavy (non-hydrogen) atoms. The van der Waals surface area contributed by atoms with Gasteiger partial charge in [0, 0.05) is 6.20 Å². The second-order valence-electron chi connectivity index (χ2n) is 3.44. The lowest BCUT2D eigenvalue weighted by atomic mass is 10.1. The van der Waals surface area contributed by atoms with Crippen molar-refractivity contribution in [3.8, 4) is 0 Å². The minimum Gasteiger partial charge on any atom is -0.480 e. The first-order valence-corrected chi connectivity index (χ1v) is 4.67. The lowest BCUT2D eigenvalue weighted by molar-refractivity contribution is -0.139. The average molecular weight is 192 g/mol. The smallest absolute Gasteiger partial charge is 0.320 e. The lowest BCUT2D eigenvalue weighted by Gasteiger charge is -2.10. The van der Waals surface area contributed by atoms with Gasteiger partial charge in [-0.1, -0.05) is 6.07 Å². The molecule has 0 amide bonds. The molecular weight excluding hydrogens is 180 g/mol. The van der Waals surface area contributed by atoms with E-state index in [-0.39, 0.29) is 6.04 Å². The molecule has 0 unspecified atom stereocenters. The zero-order chi connectivity index (χ0) is 9.97. The first-order valence-electron chi connectivity index (χ1n) is 4.67. The number of carboxylic acid groups (broad SMARTS) is 1. The average Bonchev–Trinajstić information content (AvgIpc) is 2.68. The van der Waals surface area contributed by atoms with Crippen molar-refractivity contribution < 1.29 is 9.90 Å². The Labute approximate surface area is 82.0 Å². The van der Waals surface area contributed by atoms with Crippen LogP contribution in [0.25, 0.3) is 0 Å². The molecule has 2 heterocycles. The molecule has 0 spiro atoms. The van der Waals surface area contributed by atoms with E-state index in [9.17, 15) is 4.79 Å². The maximum absolute atomic E-state index is 10.7. The summed E-state index contributed by atoms with van der Waals surface area (Å²) in [5.41, 5.74) is 0.927. The highest BCUT2D eigenvalue weighted by Gasteiger charge is 2.29. The zero-order valence-electron chi connectivity index (χ0n) is 7.68. The van der Waals surface area contributed by atoms with Gasteiger partial charge in [-0.2, -0.15) is 0 Å². The highest BCUT2D eigenvalue weighted by atomic mass is 16.4. The van der Waals surface area contributed by atoms with Crippen molar-refractivity contribution in [1.29, 1.82) is 0 Å². The Bertz CT molecular complexity index is 326. The number of rotatable bonds is 2. The molecular formula is C10H12N2O2. The van der Waals surface area contributed by atoms with Gasteiger partial charge >= 0.3 is 5.97 Å². The molecule has 4 nitrogen and oxygen atoms in total. The molecule has 0 bridgehead atoms. The minimum atomic E-state index is -0.775. The highest BCUT2D eigenvalue weighted by Crippen LogP contribution is 2.24. The first-order chi connectivity index (χ1) is 6.77. The topological polar surface area (TPSA) is 62.2 Å². The fraction of sp³-hybridized carbons (Fsp3) is 0.400. The summed E-state index contributed by atoms with van der Waals surface area (Å²) in [6.07, 6.45) is 3.25. The normalized spacial score (nSPS) is 26.3. The fourth-order valence-electron chi connectivity index (χ4n) is 1.75. The Kier molecular flexibility index (Phi) is 2.45. The first kappa shape index (κ1) is 9.15. The van der Waals surface area contributed by atoms with Crippen LogP contribution in [0.4, 0.5) is 0 Å². The molecule has 74 valence electrons. The summed E-state index contributed by atoms with van der Waals surface area (Å²) in [5, 5.41) is 11.8. The Morgan fingerprint density at radius 3 is 2.93 bits per heavy atom.